The van der Waals surface area contributed by atoms with E-state index in [-0.39, 0.29) is 0 Å². The average Bonchev–Trinajstić information content (AvgIpc) is 2.48. The van der Waals surface area contributed by atoms with Gasteiger partial charge in [0.25, 0.3) is 0 Å². The van der Waals surface area contributed by atoms with Gasteiger partial charge in [-0.15, -0.1) is 0 Å². The fourth-order valence-corrected chi connectivity index (χ4v) is 3.65. The Balaban J connectivity index is 2.28. The van der Waals surface area contributed by atoms with Gasteiger partial charge in [0.05, 0.1) is 6.61 Å². The summed E-state index contributed by atoms with van der Waals surface area (Å²) in [5, 5.41) is 3.69. The van der Waals surface area contributed by atoms with Gasteiger partial charge < -0.3 is 10.1 Å². The summed E-state index contributed by atoms with van der Waals surface area (Å²) in [6.45, 7) is 5.96. The minimum atomic E-state index is 0.416. The smallest absolute Gasteiger partial charge is 0.124 e. The molecule has 1 N–H and O–H groups in total. The number of ether oxygens (including phenoxy) is 1. The molecule has 0 radical (unpaired) electrons. The van der Waals surface area contributed by atoms with E-state index < -0.39 is 0 Å². The lowest BCUT2D eigenvalue weighted by atomic mass is 9.81. The maximum Gasteiger partial charge on any atom is 0.124 e. The summed E-state index contributed by atoms with van der Waals surface area (Å²) < 4.78 is 6.98. The zero-order valence-electron chi connectivity index (χ0n) is 12.6. The minimum Gasteiger partial charge on any atom is -0.494 e. The number of hydrogen-bond donors (Lipinski definition) is 1. The highest BCUT2D eigenvalue weighted by atomic mass is 79.9. The van der Waals surface area contributed by atoms with Crippen LogP contribution in [0.3, 0.4) is 0 Å². The molecule has 1 fully saturated rings. The van der Waals surface area contributed by atoms with Crippen LogP contribution in [0.15, 0.2) is 22.7 Å². The SMILES string of the molecule is CCNC(c1cc(Br)ccc1OCC)C1CCCCC1. The molecule has 1 aromatic rings. The number of halogens is 1. The summed E-state index contributed by atoms with van der Waals surface area (Å²) in [5.74, 6) is 1.77. The van der Waals surface area contributed by atoms with Crippen LogP contribution < -0.4 is 10.1 Å². The third kappa shape index (κ3) is 3.98. The van der Waals surface area contributed by atoms with Gasteiger partial charge in [0.15, 0.2) is 0 Å². The monoisotopic (exact) mass is 339 g/mol. The molecule has 1 aliphatic rings. The van der Waals surface area contributed by atoms with E-state index in [4.69, 9.17) is 4.74 Å². The fourth-order valence-electron chi connectivity index (χ4n) is 3.27. The quantitative estimate of drug-likeness (QED) is 0.780. The van der Waals surface area contributed by atoms with Crippen molar-refractivity contribution in [2.24, 2.45) is 5.92 Å². The van der Waals surface area contributed by atoms with Gasteiger partial charge in [-0.05, 0) is 50.4 Å². The summed E-state index contributed by atoms with van der Waals surface area (Å²) >= 11 is 3.61. The van der Waals surface area contributed by atoms with Crippen LogP contribution in [0.2, 0.25) is 0 Å². The number of hydrogen-bond acceptors (Lipinski definition) is 2. The zero-order chi connectivity index (χ0) is 14.4. The van der Waals surface area contributed by atoms with Gasteiger partial charge in [-0.25, -0.2) is 0 Å². The molecule has 3 heteroatoms. The Morgan fingerprint density at radius 3 is 2.65 bits per heavy atom. The van der Waals surface area contributed by atoms with Crippen LogP contribution in [-0.4, -0.2) is 13.2 Å². The lowest BCUT2D eigenvalue weighted by molar-refractivity contribution is 0.263. The highest BCUT2D eigenvalue weighted by Gasteiger charge is 2.26. The summed E-state index contributed by atoms with van der Waals surface area (Å²) in [6, 6.07) is 6.81. The topological polar surface area (TPSA) is 21.3 Å². The van der Waals surface area contributed by atoms with Crippen LogP contribution in [0, 0.1) is 5.92 Å². The second-order valence-electron chi connectivity index (χ2n) is 5.55. The summed E-state index contributed by atoms with van der Waals surface area (Å²) in [6.07, 6.45) is 6.78. The van der Waals surface area contributed by atoms with E-state index >= 15 is 0 Å². The van der Waals surface area contributed by atoms with Gasteiger partial charge in [0.2, 0.25) is 0 Å². The molecule has 0 bridgehead atoms. The fraction of sp³-hybridized carbons (Fsp3) is 0.647. The molecule has 1 unspecified atom stereocenters. The first-order valence-corrected chi connectivity index (χ1v) is 8.71. The van der Waals surface area contributed by atoms with Crippen molar-refractivity contribution in [3.8, 4) is 5.75 Å². The molecular weight excluding hydrogens is 314 g/mol. The van der Waals surface area contributed by atoms with Crippen LogP contribution in [0.4, 0.5) is 0 Å². The molecule has 1 aliphatic carbocycles. The summed E-state index contributed by atoms with van der Waals surface area (Å²) in [4.78, 5) is 0. The van der Waals surface area contributed by atoms with Crippen molar-refractivity contribution < 1.29 is 4.74 Å². The third-order valence-electron chi connectivity index (χ3n) is 4.15. The van der Waals surface area contributed by atoms with E-state index in [9.17, 15) is 0 Å². The Labute approximate surface area is 131 Å². The van der Waals surface area contributed by atoms with Crippen LogP contribution in [0.25, 0.3) is 0 Å². The van der Waals surface area contributed by atoms with Crippen molar-refractivity contribution in [2.45, 2.75) is 52.0 Å². The second kappa shape index (κ2) is 8.04. The van der Waals surface area contributed by atoms with Gasteiger partial charge in [-0.3, -0.25) is 0 Å². The van der Waals surface area contributed by atoms with Crippen molar-refractivity contribution in [3.05, 3.63) is 28.2 Å². The second-order valence-corrected chi connectivity index (χ2v) is 6.46. The Morgan fingerprint density at radius 1 is 1.25 bits per heavy atom. The molecule has 2 rings (SSSR count). The Kier molecular flexibility index (Phi) is 6.37. The van der Waals surface area contributed by atoms with E-state index in [1.54, 1.807) is 0 Å². The van der Waals surface area contributed by atoms with Crippen LogP contribution >= 0.6 is 15.9 Å². The highest BCUT2D eigenvalue weighted by molar-refractivity contribution is 9.10. The van der Waals surface area contributed by atoms with Crippen molar-refractivity contribution in [1.29, 1.82) is 0 Å². The van der Waals surface area contributed by atoms with Crippen LogP contribution in [0.1, 0.15) is 57.6 Å². The maximum atomic E-state index is 5.85. The molecule has 0 aromatic heterocycles. The Morgan fingerprint density at radius 2 is 2.00 bits per heavy atom. The van der Waals surface area contributed by atoms with E-state index in [1.807, 2.05) is 0 Å². The van der Waals surface area contributed by atoms with Crippen molar-refractivity contribution in [1.82, 2.24) is 5.32 Å². The van der Waals surface area contributed by atoms with Gasteiger partial charge >= 0.3 is 0 Å². The third-order valence-corrected chi connectivity index (χ3v) is 4.65. The molecule has 0 aliphatic heterocycles. The molecule has 0 spiro atoms. The molecular formula is C17H26BrNO. The van der Waals surface area contributed by atoms with Crippen LogP contribution in [-0.2, 0) is 0 Å². The van der Waals surface area contributed by atoms with E-state index in [1.165, 1.54) is 37.7 Å². The van der Waals surface area contributed by atoms with Gasteiger partial charge in [-0.2, -0.15) is 0 Å². The summed E-state index contributed by atoms with van der Waals surface area (Å²) in [7, 11) is 0. The normalized spacial score (nSPS) is 17.9. The molecule has 20 heavy (non-hydrogen) atoms. The molecule has 0 saturated heterocycles. The molecule has 1 aromatic carbocycles. The molecule has 0 heterocycles. The van der Waals surface area contributed by atoms with E-state index in [0.717, 1.165) is 29.3 Å². The Hall–Kier alpha value is -0.540. The van der Waals surface area contributed by atoms with Gasteiger partial charge in [0, 0.05) is 16.1 Å². The molecule has 1 atom stereocenters. The average molecular weight is 340 g/mol. The molecule has 0 amide bonds. The largest absolute Gasteiger partial charge is 0.494 e. The first-order valence-electron chi connectivity index (χ1n) is 7.91. The minimum absolute atomic E-state index is 0.416. The molecule has 1 saturated carbocycles. The molecule has 112 valence electrons. The van der Waals surface area contributed by atoms with E-state index in [0.29, 0.717) is 6.04 Å². The van der Waals surface area contributed by atoms with Gasteiger partial charge in [-0.1, -0.05) is 42.1 Å². The first kappa shape index (κ1) is 15.8. The lowest BCUT2D eigenvalue weighted by Gasteiger charge is -2.32. The Bertz CT molecular complexity index is 415. The summed E-state index contributed by atoms with van der Waals surface area (Å²) in [5.41, 5.74) is 1.31. The highest BCUT2D eigenvalue weighted by Crippen LogP contribution is 2.39. The van der Waals surface area contributed by atoms with Gasteiger partial charge in [0.1, 0.15) is 5.75 Å². The zero-order valence-corrected chi connectivity index (χ0v) is 14.2. The first-order chi connectivity index (χ1) is 9.76. The van der Waals surface area contributed by atoms with E-state index in [2.05, 4.69) is 53.3 Å². The predicted molar refractivity (Wildman–Crippen MR) is 88.3 cm³/mol. The van der Waals surface area contributed by atoms with Crippen molar-refractivity contribution in [3.63, 3.8) is 0 Å². The standard InChI is InChI=1S/C17H26BrNO/c1-3-19-17(13-8-6-5-7-9-13)15-12-14(18)10-11-16(15)20-4-2/h10-13,17,19H,3-9H2,1-2H3. The van der Waals surface area contributed by atoms with Crippen molar-refractivity contribution in [2.75, 3.05) is 13.2 Å². The molecule has 2 nitrogen and oxygen atoms in total. The van der Waals surface area contributed by atoms with Crippen LogP contribution in [0.5, 0.6) is 5.75 Å². The predicted octanol–water partition coefficient (Wildman–Crippen LogP) is 5.08. The number of nitrogens with one attached hydrogen (secondary N) is 1. The number of benzene rings is 1. The lowest BCUT2D eigenvalue weighted by Crippen LogP contribution is -2.30. The van der Waals surface area contributed by atoms with Crippen molar-refractivity contribution >= 4 is 15.9 Å². The number of rotatable bonds is 6. The maximum absolute atomic E-state index is 5.85.